The van der Waals surface area contributed by atoms with E-state index in [1.807, 2.05) is 72.8 Å². The van der Waals surface area contributed by atoms with Crippen LogP contribution < -0.4 is 0 Å². The molecule has 3 nitrogen and oxygen atoms in total. The maximum absolute atomic E-state index is 12.6. The molecule has 0 saturated carbocycles. The minimum Gasteiger partial charge on any atom is -0.422 e. The van der Waals surface area contributed by atoms with Crippen LogP contribution in [-0.4, -0.2) is 11.0 Å². The van der Waals surface area contributed by atoms with Crippen LogP contribution >= 0.6 is 0 Å². The number of hydrogen-bond donors (Lipinski definition) is 0. The highest BCUT2D eigenvalue weighted by atomic mass is 16.5. The highest BCUT2D eigenvalue weighted by molar-refractivity contribution is 6.14. The molecule has 1 aromatic heterocycles. The summed E-state index contributed by atoms with van der Waals surface area (Å²) < 4.78 is 5.55. The highest BCUT2D eigenvalue weighted by Gasteiger charge is 2.32. The molecule has 118 valence electrons. The summed E-state index contributed by atoms with van der Waals surface area (Å²) in [5, 5.41) is 0. The van der Waals surface area contributed by atoms with Crippen molar-refractivity contribution in [2.45, 2.75) is 0 Å². The zero-order valence-electron chi connectivity index (χ0n) is 13.3. The standard InChI is InChI=1S/C22H13NO2/c24-22-18(13-19(25-22)14-7-2-1-3-8-14)20-15-9-4-5-10-16(15)21-17(20)11-6-12-23-21/h1-13H/b20-18-. The number of cyclic esters (lactones) is 1. The van der Waals surface area contributed by atoms with Crippen LogP contribution in [0.1, 0.15) is 16.7 Å². The first-order valence-corrected chi connectivity index (χ1v) is 8.11. The number of carbonyl (C=O) groups excluding carboxylic acids is 1. The molecule has 2 heterocycles. The second-order valence-electron chi connectivity index (χ2n) is 6.00. The Labute approximate surface area is 144 Å². The lowest BCUT2D eigenvalue weighted by molar-refractivity contribution is -0.130. The number of ether oxygens (including phenoxy) is 1. The van der Waals surface area contributed by atoms with Crippen LogP contribution in [0.25, 0.3) is 22.6 Å². The van der Waals surface area contributed by atoms with Gasteiger partial charge in [0.25, 0.3) is 0 Å². The molecule has 1 aliphatic carbocycles. The molecule has 1 aliphatic heterocycles. The fraction of sp³-hybridized carbons (Fsp3) is 0. The smallest absolute Gasteiger partial charge is 0.344 e. The zero-order chi connectivity index (χ0) is 16.8. The lowest BCUT2D eigenvalue weighted by atomic mass is 9.98. The number of benzene rings is 2. The maximum Gasteiger partial charge on any atom is 0.344 e. The van der Waals surface area contributed by atoms with Gasteiger partial charge in [0, 0.05) is 28.5 Å². The predicted molar refractivity (Wildman–Crippen MR) is 96.2 cm³/mol. The van der Waals surface area contributed by atoms with Gasteiger partial charge in [-0.25, -0.2) is 4.79 Å². The van der Waals surface area contributed by atoms with E-state index >= 15 is 0 Å². The maximum atomic E-state index is 12.6. The molecule has 5 rings (SSSR count). The quantitative estimate of drug-likeness (QED) is 0.383. The molecule has 2 aliphatic rings. The first-order valence-electron chi connectivity index (χ1n) is 8.11. The number of hydrogen-bond acceptors (Lipinski definition) is 3. The van der Waals surface area contributed by atoms with Gasteiger partial charge in [-0.15, -0.1) is 0 Å². The largest absolute Gasteiger partial charge is 0.422 e. The molecule has 0 unspecified atom stereocenters. The fourth-order valence-corrected chi connectivity index (χ4v) is 3.46. The van der Waals surface area contributed by atoms with Gasteiger partial charge < -0.3 is 4.74 Å². The first-order chi connectivity index (χ1) is 12.3. The molecule has 2 aromatic carbocycles. The number of carbonyl (C=O) groups is 1. The highest BCUT2D eigenvalue weighted by Crippen LogP contribution is 2.46. The van der Waals surface area contributed by atoms with Crippen molar-refractivity contribution < 1.29 is 9.53 Å². The van der Waals surface area contributed by atoms with Crippen molar-refractivity contribution in [1.82, 2.24) is 4.98 Å². The van der Waals surface area contributed by atoms with Crippen LogP contribution in [0.4, 0.5) is 0 Å². The molecule has 3 heteroatoms. The van der Waals surface area contributed by atoms with E-state index in [1.54, 1.807) is 6.20 Å². The molecule has 0 amide bonds. The molecular formula is C22H13NO2. The van der Waals surface area contributed by atoms with Gasteiger partial charge in [-0.2, -0.15) is 0 Å². The van der Waals surface area contributed by atoms with E-state index in [9.17, 15) is 4.79 Å². The van der Waals surface area contributed by atoms with Crippen LogP contribution in [0.2, 0.25) is 0 Å². The van der Waals surface area contributed by atoms with Crippen LogP contribution in [0.3, 0.4) is 0 Å². The van der Waals surface area contributed by atoms with E-state index in [0.717, 1.165) is 33.5 Å². The first kappa shape index (κ1) is 13.9. The molecule has 3 aromatic rings. The second-order valence-corrected chi connectivity index (χ2v) is 6.00. The third-order valence-electron chi connectivity index (χ3n) is 4.55. The predicted octanol–water partition coefficient (Wildman–Crippen LogP) is 4.46. The monoisotopic (exact) mass is 323 g/mol. The van der Waals surface area contributed by atoms with Crippen molar-refractivity contribution >= 4 is 17.3 Å². The van der Waals surface area contributed by atoms with Gasteiger partial charge >= 0.3 is 5.97 Å². The van der Waals surface area contributed by atoms with Crippen LogP contribution in [-0.2, 0) is 9.53 Å². The summed E-state index contributed by atoms with van der Waals surface area (Å²) in [5.74, 6) is 0.267. The van der Waals surface area contributed by atoms with Crippen LogP contribution in [0.5, 0.6) is 0 Å². The fourth-order valence-electron chi connectivity index (χ4n) is 3.46. The molecular weight excluding hydrogens is 310 g/mol. The summed E-state index contributed by atoms with van der Waals surface area (Å²) in [6.45, 7) is 0. The minimum absolute atomic E-state index is 0.319. The summed E-state index contributed by atoms with van der Waals surface area (Å²) in [7, 11) is 0. The van der Waals surface area contributed by atoms with Crippen LogP contribution in [0.15, 0.2) is 84.6 Å². The Hall–Kier alpha value is -3.46. The molecule has 25 heavy (non-hydrogen) atoms. The van der Waals surface area contributed by atoms with Crippen molar-refractivity contribution in [2.24, 2.45) is 0 Å². The Balaban J connectivity index is 1.77. The Kier molecular flexibility index (Phi) is 2.94. The molecule has 0 spiro atoms. The Morgan fingerprint density at radius 3 is 2.32 bits per heavy atom. The summed E-state index contributed by atoms with van der Waals surface area (Å²) in [6, 6.07) is 21.6. The molecule has 0 radical (unpaired) electrons. The lowest BCUT2D eigenvalue weighted by Crippen LogP contribution is -2.00. The van der Waals surface area contributed by atoms with E-state index in [1.165, 1.54) is 0 Å². The van der Waals surface area contributed by atoms with Gasteiger partial charge in [0.2, 0.25) is 0 Å². The van der Waals surface area contributed by atoms with Gasteiger partial charge in [-0.3, -0.25) is 4.98 Å². The minimum atomic E-state index is -0.319. The average Bonchev–Trinajstić information content (AvgIpc) is 3.20. The topological polar surface area (TPSA) is 39.2 Å². The van der Waals surface area contributed by atoms with E-state index in [2.05, 4.69) is 4.98 Å². The van der Waals surface area contributed by atoms with Crippen LogP contribution in [0, 0.1) is 0 Å². The number of pyridine rings is 1. The molecule has 0 fully saturated rings. The van der Waals surface area contributed by atoms with Gasteiger partial charge in [0.05, 0.1) is 11.3 Å². The number of fused-ring (bicyclic) bond motifs is 3. The Bertz CT molecular complexity index is 1030. The molecule has 0 saturated heterocycles. The van der Waals surface area contributed by atoms with Gasteiger partial charge in [0.1, 0.15) is 5.76 Å². The molecule has 0 atom stereocenters. The van der Waals surface area contributed by atoms with Gasteiger partial charge in [0.15, 0.2) is 0 Å². The number of nitrogens with zero attached hydrogens (tertiary/aromatic N) is 1. The summed E-state index contributed by atoms with van der Waals surface area (Å²) in [4.78, 5) is 17.1. The second kappa shape index (κ2) is 5.28. The van der Waals surface area contributed by atoms with Gasteiger partial charge in [-0.05, 0) is 17.7 Å². The third-order valence-corrected chi connectivity index (χ3v) is 4.55. The third kappa shape index (κ3) is 2.06. The Morgan fingerprint density at radius 1 is 0.760 bits per heavy atom. The SMILES string of the molecule is O=C1OC(c2ccccc2)=C/C1=C1\c2ccccc2-c2ncccc21. The van der Waals surface area contributed by atoms with E-state index in [4.69, 9.17) is 4.74 Å². The Morgan fingerprint density at radius 2 is 1.48 bits per heavy atom. The van der Waals surface area contributed by atoms with Crippen molar-refractivity contribution in [3.8, 4) is 11.3 Å². The van der Waals surface area contributed by atoms with Crippen molar-refractivity contribution in [3.63, 3.8) is 0 Å². The number of aromatic nitrogens is 1. The van der Waals surface area contributed by atoms with Crippen molar-refractivity contribution in [1.29, 1.82) is 0 Å². The summed E-state index contributed by atoms with van der Waals surface area (Å²) in [6.07, 6.45) is 3.62. The number of rotatable bonds is 1. The summed E-state index contributed by atoms with van der Waals surface area (Å²) >= 11 is 0. The zero-order valence-corrected chi connectivity index (χ0v) is 13.3. The number of esters is 1. The normalized spacial score (nSPS) is 17.8. The van der Waals surface area contributed by atoms with E-state index in [-0.39, 0.29) is 5.97 Å². The summed E-state index contributed by atoms with van der Waals surface area (Å²) in [5.41, 5.74) is 6.33. The van der Waals surface area contributed by atoms with Gasteiger partial charge in [-0.1, -0.05) is 60.7 Å². The van der Waals surface area contributed by atoms with E-state index < -0.39 is 0 Å². The molecule has 0 bridgehead atoms. The van der Waals surface area contributed by atoms with Crippen molar-refractivity contribution in [3.05, 3.63) is 101 Å². The van der Waals surface area contributed by atoms with Crippen molar-refractivity contribution in [2.75, 3.05) is 0 Å². The molecule has 0 N–H and O–H groups in total. The lowest BCUT2D eigenvalue weighted by Gasteiger charge is -2.04. The average molecular weight is 323 g/mol. The van der Waals surface area contributed by atoms with E-state index in [0.29, 0.717) is 11.3 Å².